The fraction of sp³-hybridized carbons (Fsp3) is 0.125. The summed E-state index contributed by atoms with van der Waals surface area (Å²) in [5, 5.41) is 2.60. The molecule has 1 aromatic rings. The highest BCUT2D eigenvalue weighted by atomic mass is 35.5. The predicted octanol–water partition coefficient (Wildman–Crippen LogP) is 1.31. The first-order valence-electron chi connectivity index (χ1n) is 3.65. The van der Waals surface area contributed by atoms with Gasteiger partial charge in [-0.2, -0.15) is 0 Å². The Bertz CT molecular complexity index is 456. The van der Waals surface area contributed by atoms with E-state index >= 15 is 0 Å². The molecule has 4 nitrogen and oxygen atoms in total. The molecule has 0 saturated heterocycles. The molecule has 0 atom stereocenters. The first-order chi connectivity index (χ1) is 6.45. The van der Waals surface area contributed by atoms with Crippen LogP contribution in [0.15, 0.2) is 23.1 Å². The van der Waals surface area contributed by atoms with Crippen molar-refractivity contribution in [2.24, 2.45) is 0 Å². The second-order valence-corrected chi connectivity index (χ2v) is 5.10. The van der Waals surface area contributed by atoms with Crippen molar-refractivity contribution in [1.29, 1.82) is 0 Å². The number of hydrogen-bond acceptors (Lipinski definition) is 3. The summed E-state index contributed by atoms with van der Waals surface area (Å²) in [7, 11) is -3.38. The molecular weight excluding hydrogens is 226 g/mol. The van der Waals surface area contributed by atoms with Crippen molar-refractivity contribution in [1.82, 2.24) is 0 Å². The minimum atomic E-state index is -3.38. The summed E-state index contributed by atoms with van der Waals surface area (Å²) in [5.74, 6) is 0. The maximum Gasteiger partial charge on any atom is 0.211 e. The number of rotatable bonds is 3. The minimum absolute atomic E-state index is 0.0112. The van der Waals surface area contributed by atoms with Gasteiger partial charge in [0.2, 0.25) is 6.41 Å². The van der Waals surface area contributed by atoms with E-state index in [1.807, 2.05) is 0 Å². The number of halogens is 1. The maximum absolute atomic E-state index is 11.3. The van der Waals surface area contributed by atoms with Crippen molar-refractivity contribution >= 4 is 33.5 Å². The fourth-order valence-corrected chi connectivity index (χ4v) is 2.09. The molecule has 14 heavy (non-hydrogen) atoms. The molecule has 76 valence electrons. The maximum atomic E-state index is 11.3. The largest absolute Gasteiger partial charge is 0.328 e. The first kappa shape index (κ1) is 11.0. The van der Waals surface area contributed by atoms with E-state index in [4.69, 9.17) is 11.6 Å². The van der Waals surface area contributed by atoms with Crippen molar-refractivity contribution in [3.05, 3.63) is 23.2 Å². The van der Waals surface area contributed by atoms with Crippen molar-refractivity contribution in [3.8, 4) is 0 Å². The van der Waals surface area contributed by atoms with Crippen LogP contribution in [0, 0.1) is 0 Å². The van der Waals surface area contributed by atoms with Gasteiger partial charge in [-0.15, -0.1) is 0 Å². The van der Waals surface area contributed by atoms with Crippen molar-refractivity contribution < 1.29 is 13.2 Å². The number of anilines is 1. The molecule has 0 radical (unpaired) electrons. The van der Waals surface area contributed by atoms with Gasteiger partial charge in [-0.3, -0.25) is 4.79 Å². The van der Waals surface area contributed by atoms with E-state index in [1.165, 1.54) is 18.2 Å². The quantitative estimate of drug-likeness (QED) is 0.801. The third-order valence-electron chi connectivity index (χ3n) is 1.56. The summed E-state index contributed by atoms with van der Waals surface area (Å²) in [4.78, 5) is 10.2. The lowest BCUT2D eigenvalue weighted by molar-refractivity contribution is -0.105. The lowest BCUT2D eigenvalue weighted by atomic mass is 10.3. The van der Waals surface area contributed by atoms with Crippen LogP contribution >= 0.6 is 11.6 Å². The highest BCUT2D eigenvalue weighted by Crippen LogP contribution is 2.24. The summed E-state index contributed by atoms with van der Waals surface area (Å²) in [6.45, 7) is 0. The molecule has 0 fully saturated rings. The Hall–Kier alpha value is -1.07. The second kappa shape index (κ2) is 3.98. The molecule has 0 unspecified atom stereocenters. The standard InChI is InChI=1S/C8H8ClNO3S/c1-14(12,13)8-4-6(9)2-3-7(8)10-5-11/h2-5H,1H3,(H,10,11). The number of sulfone groups is 1. The lowest BCUT2D eigenvalue weighted by Gasteiger charge is -2.06. The van der Waals surface area contributed by atoms with Gasteiger partial charge in [0, 0.05) is 11.3 Å². The van der Waals surface area contributed by atoms with E-state index in [0.717, 1.165) is 6.26 Å². The lowest BCUT2D eigenvalue weighted by Crippen LogP contribution is -2.04. The Morgan fingerprint density at radius 2 is 2.07 bits per heavy atom. The zero-order valence-corrected chi connectivity index (χ0v) is 8.89. The monoisotopic (exact) mass is 233 g/mol. The Morgan fingerprint density at radius 1 is 1.43 bits per heavy atom. The SMILES string of the molecule is CS(=O)(=O)c1cc(Cl)ccc1NC=O. The fourth-order valence-electron chi connectivity index (χ4n) is 0.986. The molecule has 0 spiro atoms. The first-order valence-corrected chi connectivity index (χ1v) is 5.92. The Labute approximate surface area is 86.8 Å². The van der Waals surface area contributed by atoms with Crippen LogP contribution in [0.2, 0.25) is 5.02 Å². The third-order valence-corrected chi connectivity index (χ3v) is 2.93. The average molecular weight is 234 g/mol. The molecular formula is C8H8ClNO3S. The number of nitrogens with one attached hydrogen (secondary N) is 1. The number of carbonyl (C=O) groups is 1. The van der Waals surface area contributed by atoms with Crippen LogP contribution in [0.1, 0.15) is 0 Å². The summed E-state index contributed by atoms with van der Waals surface area (Å²) in [5.41, 5.74) is 0.229. The highest BCUT2D eigenvalue weighted by Gasteiger charge is 2.13. The predicted molar refractivity (Wildman–Crippen MR) is 54.2 cm³/mol. The average Bonchev–Trinajstić information content (AvgIpc) is 2.07. The van der Waals surface area contributed by atoms with Crippen LogP contribution in [-0.2, 0) is 14.6 Å². The second-order valence-electron chi connectivity index (χ2n) is 2.67. The van der Waals surface area contributed by atoms with E-state index in [1.54, 1.807) is 0 Å². The van der Waals surface area contributed by atoms with Gasteiger partial charge in [0.1, 0.15) is 0 Å². The topological polar surface area (TPSA) is 63.2 Å². The van der Waals surface area contributed by atoms with Crippen LogP contribution in [-0.4, -0.2) is 21.1 Å². The van der Waals surface area contributed by atoms with E-state index in [0.29, 0.717) is 11.4 Å². The molecule has 0 aliphatic rings. The Kier molecular flexibility index (Phi) is 3.13. The molecule has 0 bridgehead atoms. The summed E-state index contributed by atoms with van der Waals surface area (Å²) >= 11 is 5.64. The molecule has 6 heteroatoms. The van der Waals surface area contributed by atoms with Crippen molar-refractivity contribution in [2.75, 3.05) is 11.6 Å². The number of hydrogen-bond donors (Lipinski definition) is 1. The smallest absolute Gasteiger partial charge is 0.211 e. The number of benzene rings is 1. The number of amides is 1. The van der Waals surface area contributed by atoms with Gasteiger partial charge >= 0.3 is 0 Å². The molecule has 0 aliphatic heterocycles. The van der Waals surface area contributed by atoms with Gasteiger partial charge in [0.05, 0.1) is 10.6 Å². The van der Waals surface area contributed by atoms with E-state index < -0.39 is 9.84 Å². The van der Waals surface area contributed by atoms with E-state index in [9.17, 15) is 13.2 Å². The van der Waals surface area contributed by atoms with Crippen LogP contribution in [0.4, 0.5) is 5.69 Å². The van der Waals surface area contributed by atoms with E-state index in [2.05, 4.69) is 5.32 Å². The van der Waals surface area contributed by atoms with Gasteiger partial charge in [-0.05, 0) is 18.2 Å². The van der Waals surface area contributed by atoms with Gasteiger partial charge < -0.3 is 5.32 Å². The van der Waals surface area contributed by atoms with Crippen LogP contribution in [0.5, 0.6) is 0 Å². The zero-order valence-electron chi connectivity index (χ0n) is 7.32. The molecule has 0 aliphatic carbocycles. The molecule has 0 aromatic heterocycles. The molecule has 1 rings (SSSR count). The summed E-state index contributed by atoms with van der Waals surface area (Å²) < 4.78 is 22.5. The third kappa shape index (κ3) is 2.46. The highest BCUT2D eigenvalue weighted by molar-refractivity contribution is 7.90. The molecule has 0 heterocycles. The molecule has 0 saturated carbocycles. The van der Waals surface area contributed by atoms with Crippen LogP contribution in [0.25, 0.3) is 0 Å². The Morgan fingerprint density at radius 3 is 2.57 bits per heavy atom. The normalized spacial score (nSPS) is 11.0. The molecule has 1 N–H and O–H groups in total. The number of carbonyl (C=O) groups excluding carboxylic acids is 1. The van der Waals surface area contributed by atoms with Crippen LogP contribution in [0.3, 0.4) is 0 Å². The van der Waals surface area contributed by atoms with Crippen molar-refractivity contribution in [2.45, 2.75) is 4.90 Å². The van der Waals surface area contributed by atoms with E-state index in [-0.39, 0.29) is 10.6 Å². The summed E-state index contributed by atoms with van der Waals surface area (Å²) in [6.07, 6.45) is 1.46. The van der Waals surface area contributed by atoms with Gasteiger partial charge in [-0.1, -0.05) is 11.6 Å². The molecule has 1 amide bonds. The summed E-state index contributed by atoms with van der Waals surface area (Å²) in [6, 6.07) is 4.23. The van der Waals surface area contributed by atoms with Crippen LogP contribution < -0.4 is 5.32 Å². The van der Waals surface area contributed by atoms with Gasteiger partial charge in [0.25, 0.3) is 0 Å². The minimum Gasteiger partial charge on any atom is -0.328 e. The van der Waals surface area contributed by atoms with Gasteiger partial charge in [0.15, 0.2) is 9.84 Å². The van der Waals surface area contributed by atoms with Gasteiger partial charge in [-0.25, -0.2) is 8.42 Å². The zero-order chi connectivity index (χ0) is 10.8. The Balaban J connectivity index is 3.37. The molecule has 1 aromatic carbocycles. The van der Waals surface area contributed by atoms with Crippen molar-refractivity contribution in [3.63, 3.8) is 0 Å².